The van der Waals surface area contributed by atoms with E-state index in [-0.39, 0.29) is 35.0 Å². The molecule has 0 spiro atoms. The second kappa shape index (κ2) is 9.42. The van der Waals surface area contributed by atoms with Gasteiger partial charge in [0.15, 0.2) is 5.78 Å². The maximum atomic E-state index is 13.1. The third kappa shape index (κ3) is 4.91. The van der Waals surface area contributed by atoms with Crippen molar-refractivity contribution in [3.8, 4) is 11.1 Å². The molecular formula is C26H33ClN4O3. The van der Waals surface area contributed by atoms with Crippen LogP contribution in [-0.4, -0.2) is 39.2 Å². The number of carbonyl (C=O) groups excluding carboxylic acids is 2. The molecule has 182 valence electrons. The SMILES string of the molecule is CC1(C)Cc2c(-c3cc(NC(=O)[C@H]4CCC[C@@H](CC(=O)[C@@H]5CCCO5)C4)ncc3Cl)cnn2C1. The molecule has 2 aromatic heterocycles. The monoisotopic (exact) mass is 484 g/mol. The molecule has 4 heterocycles. The number of nitrogens with zero attached hydrogens (tertiary/aromatic N) is 3. The van der Waals surface area contributed by atoms with Crippen LogP contribution in [0.1, 0.15) is 64.5 Å². The van der Waals surface area contributed by atoms with Crippen LogP contribution < -0.4 is 5.32 Å². The molecule has 0 bridgehead atoms. The van der Waals surface area contributed by atoms with Crippen LogP contribution in [0.15, 0.2) is 18.5 Å². The number of carbonyl (C=O) groups is 2. The lowest BCUT2D eigenvalue weighted by atomic mass is 9.78. The van der Waals surface area contributed by atoms with Crippen LogP contribution in [0.4, 0.5) is 5.82 Å². The Morgan fingerprint density at radius 1 is 1.21 bits per heavy atom. The van der Waals surface area contributed by atoms with Gasteiger partial charge in [0, 0.05) is 48.5 Å². The van der Waals surface area contributed by atoms with Gasteiger partial charge in [-0.05, 0) is 55.9 Å². The highest BCUT2D eigenvalue weighted by molar-refractivity contribution is 6.33. The minimum Gasteiger partial charge on any atom is -0.370 e. The number of anilines is 1. The lowest BCUT2D eigenvalue weighted by molar-refractivity contribution is -0.130. The van der Waals surface area contributed by atoms with Crippen molar-refractivity contribution in [2.45, 2.75) is 77.9 Å². The highest BCUT2D eigenvalue weighted by Crippen LogP contribution is 2.39. The molecule has 5 rings (SSSR count). The molecule has 1 saturated carbocycles. The Balaban J connectivity index is 1.25. The average Bonchev–Trinajstić information content (AvgIpc) is 3.52. The number of ketones is 1. The van der Waals surface area contributed by atoms with E-state index >= 15 is 0 Å². The molecule has 0 radical (unpaired) electrons. The number of halogens is 1. The quantitative estimate of drug-likeness (QED) is 0.619. The predicted octanol–water partition coefficient (Wildman–Crippen LogP) is 5.06. The van der Waals surface area contributed by atoms with Crippen molar-refractivity contribution in [3.63, 3.8) is 0 Å². The molecule has 0 unspecified atom stereocenters. The first kappa shape index (κ1) is 23.5. The molecule has 3 aliphatic rings. The van der Waals surface area contributed by atoms with Crippen molar-refractivity contribution >= 4 is 29.1 Å². The lowest BCUT2D eigenvalue weighted by Gasteiger charge is -2.28. The summed E-state index contributed by atoms with van der Waals surface area (Å²) in [7, 11) is 0. The zero-order chi connectivity index (χ0) is 23.9. The standard InChI is InChI=1S/C26H33ClN4O3/c1-26(2)12-21-19(13-29-31(21)15-26)18-11-24(28-14-20(18)27)30-25(33)17-6-3-5-16(9-17)10-22(32)23-7-4-8-34-23/h11,13-14,16-17,23H,3-10,12,15H2,1-2H3,(H,28,30,33)/t16-,17+,23+/m1/s1. The molecule has 2 aliphatic heterocycles. The Labute approximate surface area is 205 Å². The first-order chi connectivity index (χ1) is 16.3. The average molecular weight is 485 g/mol. The second-order valence-electron chi connectivity index (χ2n) is 10.9. The summed E-state index contributed by atoms with van der Waals surface area (Å²) in [4.78, 5) is 30.0. The van der Waals surface area contributed by atoms with E-state index in [4.69, 9.17) is 16.3 Å². The summed E-state index contributed by atoms with van der Waals surface area (Å²) in [5.74, 6) is 0.798. The van der Waals surface area contributed by atoms with Gasteiger partial charge in [0.05, 0.1) is 11.2 Å². The summed E-state index contributed by atoms with van der Waals surface area (Å²) in [6, 6.07) is 1.85. The first-order valence-corrected chi connectivity index (χ1v) is 12.8. The molecule has 2 aromatic rings. The Morgan fingerprint density at radius 3 is 2.85 bits per heavy atom. The number of pyridine rings is 1. The van der Waals surface area contributed by atoms with Crippen LogP contribution in [0, 0.1) is 17.3 Å². The number of nitrogens with one attached hydrogen (secondary N) is 1. The minimum atomic E-state index is -0.234. The molecule has 2 fully saturated rings. The van der Waals surface area contributed by atoms with Gasteiger partial charge in [-0.25, -0.2) is 4.98 Å². The maximum absolute atomic E-state index is 13.1. The van der Waals surface area contributed by atoms with Gasteiger partial charge in [-0.1, -0.05) is 31.9 Å². The van der Waals surface area contributed by atoms with E-state index in [0.717, 1.165) is 62.6 Å². The number of fused-ring (bicyclic) bond motifs is 1. The van der Waals surface area contributed by atoms with Crippen LogP contribution in [0.3, 0.4) is 0 Å². The molecule has 8 heteroatoms. The van der Waals surface area contributed by atoms with E-state index in [9.17, 15) is 9.59 Å². The summed E-state index contributed by atoms with van der Waals surface area (Å²) >= 11 is 6.51. The summed E-state index contributed by atoms with van der Waals surface area (Å²) < 4.78 is 7.59. The third-order valence-corrected chi connectivity index (χ3v) is 7.80. The van der Waals surface area contributed by atoms with E-state index in [1.165, 1.54) is 5.69 Å². The number of ether oxygens (including phenoxy) is 1. The highest BCUT2D eigenvalue weighted by atomic mass is 35.5. The van der Waals surface area contributed by atoms with E-state index in [1.54, 1.807) is 6.20 Å². The number of hydrogen-bond acceptors (Lipinski definition) is 5. The lowest BCUT2D eigenvalue weighted by Crippen LogP contribution is -2.30. The Kier molecular flexibility index (Phi) is 6.51. The number of aromatic nitrogens is 3. The zero-order valence-corrected chi connectivity index (χ0v) is 20.7. The van der Waals surface area contributed by atoms with Crippen molar-refractivity contribution in [2.24, 2.45) is 17.3 Å². The maximum Gasteiger partial charge on any atom is 0.228 e. The van der Waals surface area contributed by atoms with Gasteiger partial charge in [-0.2, -0.15) is 5.10 Å². The fourth-order valence-corrected chi connectivity index (χ4v) is 5.98. The smallest absolute Gasteiger partial charge is 0.228 e. The Hall–Kier alpha value is -2.25. The van der Waals surface area contributed by atoms with Gasteiger partial charge in [0.2, 0.25) is 5.91 Å². The number of hydrogen-bond donors (Lipinski definition) is 1. The summed E-state index contributed by atoms with van der Waals surface area (Å²) in [6.45, 7) is 6.03. The summed E-state index contributed by atoms with van der Waals surface area (Å²) in [5, 5.41) is 8.10. The van der Waals surface area contributed by atoms with Gasteiger partial charge in [-0.3, -0.25) is 14.3 Å². The number of amides is 1. The Bertz CT molecular complexity index is 1090. The summed E-state index contributed by atoms with van der Waals surface area (Å²) in [6.07, 6.45) is 9.97. The molecular weight excluding hydrogens is 452 g/mol. The van der Waals surface area contributed by atoms with E-state index in [1.807, 2.05) is 16.9 Å². The first-order valence-electron chi connectivity index (χ1n) is 12.4. The Morgan fingerprint density at radius 2 is 2.06 bits per heavy atom. The van der Waals surface area contributed by atoms with Crippen LogP contribution in [-0.2, 0) is 27.3 Å². The largest absolute Gasteiger partial charge is 0.370 e. The summed E-state index contributed by atoms with van der Waals surface area (Å²) in [5.41, 5.74) is 3.17. The van der Waals surface area contributed by atoms with E-state index < -0.39 is 0 Å². The molecule has 34 heavy (non-hydrogen) atoms. The molecule has 1 N–H and O–H groups in total. The molecule has 1 saturated heterocycles. The van der Waals surface area contributed by atoms with Crippen molar-refractivity contribution in [1.82, 2.24) is 14.8 Å². The third-order valence-electron chi connectivity index (χ3n) is 7.50. The fraction of sp³-hybridized carbons (Fsp3) is 0.615. The van der Waals surface area contributed by atoms with Crippen molar-refractivity contribution < 1.29 is 14.3 Å². The van der Waals surface area contributed by atoms with Gasteiger partial charge >= 0.3 is 0 Å². The van der Waals surface area contributed by atoms with Crippen LogP contribution in [0.25, 0.3) is 11.1 Å². The fourth-order valence-electron chi connectivity index (χ4n) is 5.78. The van der Waals surface area contributed by atoms with E-state index in [0.29, 0.717) is 23.9 Å². The molecule has 7 nitrogen and oxygen atoms in total. The number of rotatable bonds is 6. The topological polar surface area (TPSA) is 86.1 Å². The van der Waals surface area contributed by atoms with Crippen molar-refractivity contribution in [2.75, 3.05) is 11.9 Å². The highest BCUT2D eigenvalue weighted by Gasteiger charge is 2.33. The second-order valence-corrected chi connectivity index (χ2v) is 11.4. The number of Topliss-reactive ketones (excluding diaryl/α,β-unsaturated/α-hetero) is 1. The molecule has 3 atom stereocenters. The zero-order valence-electron chi connectivity index (χ0n) is 20.0. The molecule has 1 aliphatic carbocycles. The van der Waals surface area contributed by atoms with Gasteiger partial charge in [-0.15, -0.1) is 0 Å². The van der Waals surface area contributed by atoms with E-state index in [2.05, 4.69) is 29.2 Å². The molecule has 1 amide bonds. The van der Waals surface area contributed by atoms with Crippen molar-refractivity contribution in [1.29, 1.82) is 0 Å². The van der Waals surface area contributed by atoms with Gasteiger partial charge in [0.1, 0.15) is 11.9 Å². The van der Waals surface area contributed by atoms with Crippen LogP contribution >= 0.6 is 11.6 Å². The van der Waals surface area contributed by atoms with Crippen LogP contribution in [0.2, 0.25) is 5.02 Å². The van der Waals surface area contributed by atoms with Gasteiger partial charge < -0.3 is 10.1 Å². The normalized spacial score (nSPS) is 25.8. The van der Waals surface area contributed by atoms with Gasteiger partial charge in [0.25, 0.3) is 0 Å². The van der Waals surface area contributed by atoms with Crippen molar-refractivity contribution in [3.05, 3.63) is 29.2 Å². The minimum absolute atomic E-state index is 0.0311. The predicted molar refractivity (Wildman–Crippen MR) is 131 cm³/mol. The van der Waals surface area contributed by atoms with Crippen LogP contribution in [0.5, 0.6) is 0 Å². The molecule has 0 aromatic carbocycles.